The highest BCUT2D eigenvalue weighted by Crippen LogP contribution is 2.29. The first-order valence-corrected chi connectivity index (χ1v) is 9.95. The van der Waals surface area contributed by atoms with Crippen molar-refractivity contribution in [3.63, 3.8) is 0 Å². The molecule has 0 spiro atoms. The molecule has 0 bridgehead atoms. The summed E-state index contributed by atoms with van der Waals surface area (Å²) < 4.78 is 1.73. The van der Waals surface area contributed by atoms with Gasteiger partial charge < -0.3 is 10.2 Å². The Morgan fingerprint density at radius 3 is 2.40 bits per heavy atom. The van der Waals surface area contributed by atoms with Gasteiger partial charge in [-0.05, 0) is 36.2 Å². The lowest BCUT2D eigenvalue weighted by Crippen LogP contribution is -2.00. The molecule has 1 aliphatic rings. The van der Waals surface area contributed by atoms with Crippen LogP contribution in [-0.4, -0.2) is 24.6 Å². The van der Waals surface area contributed by atoms with Crippen molar-refractivity contribution in [3.05, 3.63) is 102 Å². The molecule has 5 heteroatoms. The normalized spacial score (nSPS) is 13.1. The van der Waals surface area contributed by atoms with Crippen molar-refractivity contribution in [1.82, 2.24) is 14.4 Å². The van der Waals surface area contributed by atoms with E-state index in [4.69, 9.17) is 9.97 Å². The summed E-state index contributed by atoms with van der Waals surface area (Å²) in [7, 11) is 0. The first-order valence-electron chi connectivity index (χ1n) is 9.95. The van der Waals surface area contributed by atoms with Crippen LogP contribution in [0, 0.1) is 0 Å². The second-order valence-corrected chi connectivity index (χ2v) is 7.49. The molecule has 2 aromatic heterocycles. The Bertz CT molecular complexity index is 1270. The van der Waals surface area contributed by atoms with Crippen LogP contribution >= 0.6 is 0 Å². The summed E-state index contributed by atoms with van der Waals surface area (Å²) in [4.78, 5) is 9.64. The molecule has 2 heterocycles. The molecular formula is C25H21N3O2. The minimum atomic E-state index is 0.148. The van der Waals surface area contributed by atoms with E-state index in [-0.39, 0.29) is 11.6 Å². The summed E-state index contributed by atoms with van der Waals surface area (Å²) in [5.41, 5.74) is 6.05. The van der Waals surface area contributed by atoms with Crippen LogP contribution in [0.4, 0.5) is 0 Å². The van der Waals surface area contributed by atoms with E-state index in [0.29, 0.717) is 24.2 Å². The van der Waals surface area contributed by atoms with E-state index in [0.717, 1.165) is 28.9 Å². The zero-order valence-electron chi connectivity index (χ0n) is 16.4. The molecule has 2 N–H and O–H groups in total. The molecule has 0 atom stereocenters. The fourth-order valence-corrected chi connectivity index (χ4v) is 3.78. The molecule has 0 amide bonds. The Morgan fingerprint density at radius 1 is 0.867 bits per heavy atom. The number of imidazole rings is 1. The van der Waals surface area contributed by atoms with Gasteiger partial charge in [-0.3, -0.25) is 4.40 Å². The van der Waals surface area contributed by atoms with Crippen molar-refractivity contribution in [1.29, 1.82) is 0 Å². The Morgan fingerprint density at radius 2 is 1.67 bits per heavy atom. The van der Waals surface area contributed by atoms with E-state index in [9.17, 15) is 10.2 Å². The third-order valence-electron chi connectivity index (χ3n) is 5.34. The van der Waals surface area contributed by atoms with Gasteiger partial charge in [0.25, 0.3) is 0 Å². The van der Waals surface area contributed by atoms with Gasteiger partial charge in [-0.2, -0.15) is 0 Å². The lowest BCUT2D eigenvalue weighted by atomic mass is 10.1. The van der Waals surface area contributed by atoms with Gasteiger partial charge in [0.1, 0.15) is 11.4 Å². The third-order valence-corrected chi connectivity index (χ3v) is 5.34. The number of nitrogens with zero attached hydrogens (tertiary/aromatic N) is 3. The van der Waals surface area contributed by atoms with Crippen LogP contribution in [0.2, 0.25) is 0 Å². The average molecular weight is 395 g/mol. The Labute approximate surface area is 174 Å². The summed E-state index contributed by atoms with van der Waals surface area (Å²) in [5.74, 6) is 0.352. The van der Waals surface area contributed by atoms with Crippen LogP contribution in [0.25, 0.3) is 16.9 Å². The first kappa shape index (κ1) is 18.2. The van der Waals surface area contributed by atoms with Gasteiger partial charge in [-0.1, -0.05) is 54.1 Å². The second-order valence-electron chi connectivity index (χ2n) is 7.49. The lowest BCUT2D eigenvalue weighted by molar-refractivity contribution is 0.442. The largest absolute Gasteiger partial charge is 0.508 e. The summed E-state index contributed by atoms with van der Waals surface area (Å²) >= 11 is 0. The van der Waals surface area contributed by atoms with Gasteiger partial charge in [0, 0.05) is 24.6 Å². The van der Waals surface area contributed by atoms with Gasteiger partial charge in [-0.25, -0.2) is 9.97 Å². The highest BCUT2D eigenvalue weighted by atomic mass is 16.3. The molecule has 2 aromatic carbocycles. The molecule has 148 valence electrons. The summed E-state index contributed by atoms with van der Waals surface area (Å²) in [6.45, 7) is 0. The van der Waals surface area contributed by atoms with E-state index in [1.54, 1.807) is 16.5 Å². The fraction of sp³-hybridized carbons (Fsp3) is 0.120. The monoisotopic (exact) mass is 395 g/mol. The summed E-state index contributed by atoms with van der Waals surface area (Å²) in [5, 5.41) is 20.6. The number of phenolic OH excluding ortho intramolecular Hbond substituents is 1. The highest BCUT2D eigenvalue weighted by molar-refractivity contribution is 5.64. The molecule has 4 aromatic rings. The number of benzene rings is 2. The van der Waals surface area contributed by atoms with E-state index in [2.05, 4.69) is 24.3 Å². The number of aromatic hydroxyl groups is 2. The summed E-state index contributed by atoms with van der Waals surface area (Å²) in [6, 6.07) is 17.0. The maximum Gasteiger partial charge on any atom is 0.219 e. The SMILES string of the molecule is Oc1ccc(-c2cn3c(O)c(CC4=CC=CC4)nc3c(Cc3ccccc3)n2)cc1. The molecule has 1 aliphatic carbocycles. The standard InChI is InChI=1S/C25H21N3O2/c29-20-12-10-19(11-13-20)23-16-28-24(21(26-23)14-17-6-2-1-3-7-17)27-22(25(28)30)15-18-8-4-5-9-18/h1-8,10-13,16,29-30H,9,14-15H2. The van der Waals surface area contributed by atoms with E-state index in [1.807, 2.05) is 42.6 Å². The molecule has 5 rings (SSSR count). The fourth-order valence-electron chi connectivity index (χ4n) is 3.78. The molecule has 0 fully saturated rings. The minimum absolute atomic E-state index is 0.148. The predicted octanol–water partition coefficient (Wildman–Crippen LogP) is 4.83. The lowest BCUT2D eigenvalue weighted by Gasteiger charge is -2.08. The second kappa shape index (κ2) is 7.52. The number of aromatic nitrogens is 3. The summed E-state index contributed by atoms with van der Waals surface area (Å²) in [6.07, 6.45) is 10.1. The maximum atomic E-state index is 10.9. The zero-order valence-corrected chi connectivity index (χ0v) is 16.4. The molecule has 0 unspecified atom stereocenters. The number of hydrogen-bond acceptors (Lipinski definition) is 4. The number of rotatable bonds is 5. The first-order chi connectivity index (χ1) is 14.7. The van der Waals surface area contributed by atoms with Crippen LogP contribution in [-0.2, 0) is 12.8 Å². The number of phenols is 1. The molecule has 5 nitrogen and oxygen atoms in total. The topological polar surface area (TPSA) is 70.7 Å². The number of fused-ring (bicyclic) bond motifs is 1. The molecule has 0 aliphatic heterocycles. The minimum Gasteiger partial charge on any atom is -0.508 e. The molecular weight excluding hydrogens is 374 g/mol. The Kier molecular flexibility index (Phi) is 4.56. The molecule has 0 saturated carbocycles. The predicted molar refractivity (Wildman–Crippen MR) is 117 cm³/mol. The number of allylic oxidation sites excluding steroid dienone is 4. The van der Waals surface area contributed by atoms with Crippen LogP contribution in [0.5, 0.6) is 11.6 Å². The maximum absolute atomic E-state index is 10.9. The smallest absolute Gasteiger partial charge is 0.219 e. The van der Waals surface area contributed by atoms with E-state index in [1.165, 1.54) is 5.57 Å². The van der Waals surface area contributed by atoms with E-state index >= 15 is 0 Å². The van der Waals surface area contributed by atoms with Crippen molar-refractivity contribution in [3.8, 4) is 22.9 Å². The quantitative estimate of drug-likeness (QED) is 0.508. The van der Waals surface area contributed by atoms with Gasteiger partial charge >= 0.3 is 0 Å². The van der Waals surface area contributed by atoms with Gasteiger partial charge in [0.05, 0.1) is 11.4 Å². The Balaban J connectivity index is 1.64. The van der Waals surface area contributed by atoms with Crippen molar-refractivity contribution in [2.45, 2.75) is 19.3 Å². The van der Waals surface area contributed by atoms with Gasteiger partial charge in [-0.15, -0.1) is 0 Å². The van der Waals surface area contributed by atoms with Crippen molar-refractivity contribution < 1.29 is 10.2 Å². The van der Waals surface area contributed by atoms with Gasteiger partial charge in [0.2, 0.25) is 5.88 Å². The van der Waals surface area contributed by atoms with Crippen molar-refractivity contribution >= 4 is 5.65 Å². The zero-order chi connectivity index (χ0) is 20.5. The highest BCUT2D eigenvalue weighted by Gasteiger charge is 2.18. The van der Waals surface area contributed by atoms with Crippen molar-refractivity contribution in [2.75, 3.05) is 0 Å². The van der Waals surface area contributed by atoms with Crippen LogP contribution < -0.4 is 0 Å². The Hall–Kier alpha value is -3.86. The van der Waals surface area contributed by atoms with Crippen LogP contribution in [0.1, 0.15) is 23.4 Å². The average Bonchev–Trinajstić information content (AvgIpc) is 3.38. The third kappa shape index (κ3) is 3.46. The number of hydrogen-bond donors (Lipinski definition) is 2. The van der Waals surface area contributed by atoms with Crippen LogP contribution in [0.15, 0.2) is 84.6 Å². The molecule has 0 saturated heterocycles. The molecule has 0 radical (unpaired) electrons. The van der Waals surface area contributed by atoms with Crippen LogP contribution in [0.3, 0.4) is 0 Å². The van der Waals surface area contributed by atoms with Crippen molar-refractivity contribution in [2.24, 2.45) is 0 Å². The van der Waals surface area contributed by atoms with Gasteiger partial charge in [0.15, 0.2) is 5.65 Å². The van der Waals surface area contributed by atoms with E-state index < -0.39 is 0 Å². The molecule has 30 heavy (non-hydrogen) atoms.